The molecule has 1 aliphatic rings. The molecule has 0 radical (unpaired) electrons. The standard InChI is InChI=1S/C21H20N2O3/c1-13-17(16-8-4-5-9-18(16)22-13)10-19(24)23-21(20(25)26)11-14-6-2-3-7-15(14)12-21/h2-9,22H,10-12H2,1H3,(H,23,24)(H,25,26). The molecule has 1 aromatic heterocycles. The van der Waals surface area contributed by atoms with E-state index in [1.54, 1.807) is 0 Å². The number of carboxylic acid groups (broad SMARTS) is 1. The smallest absolute Gasteiger partial charge is 0.330 e. The second-order valence-corrected chi connectivity index (χ2v) is 7.01. The summed E-state index contributed by atoms with van der Waals surface area (Å²) in [5.74, 6) is -1.26. The van der Waals surface area contributed by atoms with Gasteiger partial charge in [0.2, 0.25) is 5.91 Å². The van der Waals surface area contributed by atoms with Crippen LogP contribution >= 0.6 is 0 Å². The zero-order chi connectivity index (χ0) is 18.3. The lowest BCUT2D eigenvalue weighted by atomic mass is 9.95. The quantitative estimate of drug-likeness (QED) is 0.678. The van der Waals surface area contributed by atoms with Crippen LogP contribution in [-0.4, -0.2) is 27.5 Å². The predicted octanol–water partition coefficient (Wildman–Crippen LogP) is 2.76. The number of para-hydroxylation sites is 1. The maximum atomic E-state index is 12.7. The topological polar surface area (TPSA) is 82.2 Å². The Labute approximate surface area is 151 Å². The fourth-order valence-corrected chi connectivity index (χ4v) is 3.94. The number of carbonyl (C=O) groups excluding carboxylic acids is 1. The van der Waals surface area contributed by atoms with Gasteiger partial charge >= 0.3 is 5.97 Å². The van der Waals surface area contributed by atoms with Gasteiger partial charge in [-0.1, -0.05) is 42.5 Å². The zero-order valence-electron chi connectivity index (χ0n) is 14.5. The van der Waals surface area contributed by atoms with Gasteiger partial charge in [0, 0.05) is 29.4 Å². The number of hydrogen-bond acceptors (Lipinski definition) is 2. The number of benzene rings is 2. The second kappa shape index (κ2) is 6.02. The van der Waals surface area contributed by atoms with Gasteiger partial charge in [0.15, 0.2) is 0 Å². The molecule has 0 fully saturated rings. The van der Waals surface area contributed by atoms with Crippen molar-refractivity contribution in [2.24, 2.45) is 0 Å². The third-order valence-electron chi connectivity index (χ3n) is 5.26. The average Bonchev–Trinajstić information content (AvgIpc) is 3.13. The molecule has 2 aromatic carbocycles. The maximum Gasteiger partial charge on any atom is 0.330 e. The molecule has 0 saturated heterocycles. The number of aromatic nitrogens is 1. The fraction of sp³-hybridized carbons (Fsp3) is 0.238. The molecule has 26 heavy (non-hydrogen) atoms. The first kappa shape index (κ1) is 16.4. The lowest BCUT2D eigenvalue weighted by Gasteiger charge is -2.25. The van der Waals surface area contributed by atoms with Crippen molar-refractivity contribution >= 4 is 22.8 Å². The number of rotatable bonds is 4. The maximum absolute atomic E-state index is 12.7. The first-order valence-corrected chi connectivity index (χ1v) is 8.66. The van der Waals surface area contributed by atoms with Crippen LogP contribution in [0.1, 0.15) is 22.4 Å². The van der Waals surface area contributed by atoms with E-state index in [-0.39, 0.29) is 12.3 Å². The summed E-state index contributed by atoms with van der Waals surface area (Å²) in [6, 6.07) is 15.5. The number of H-pyrrole nitrogens is 1. The molecule has 3 aromatic rings. The SMILES string of the molecule is Cc1[nH]c2ccccc2c1CC(=O)NC1(C(=O)O)Cc2ccccc2C1. The summed E-state index contributed by atoms with van der Waals surface area (Å²) < 4.78 is 0. The predicted molar refractivity (Wildman–Crippen MR) is 99.1 cm³/mol. The van der Waals surface area contributed by atoms with Crippen LogP contribution in [-0.2, 0) is 28.9 Å². The van der Waals surface area contributed by atoms with Gasteiger partial charge in [-0.2, -0.15) is 0 Å². The second-order valence-electron chi connectivity index (χ2n) is 7.01. The van der Waals surface area contributed by atoms with Crippen LogP contribution in [0.2, 0.25) is 0 Å². The van der Waals surface area contributed by atoms with Crippen LogP contribution in [0.3, 0.4) is 0 Å². The number of carboxylic acids is 1. The van der Waals surface area contributed by atoms with E-state index >= 15 is 0 Å². The van der Waals surface area contributed by atoms with E-state index in [1.165, 1.54) is 0 Å². The zero-order valence-corrected chi connectivity index (χ0v) is 14.5. The molecule has 0 saturated carbocycles. The van der Waals surface area contributed by atoms with Crippen molar-refractivity contribution in [1.29, 1.82) is 0 Å². The molecule has 132 valence electrons. The van der Waals surface area contributed by atoms with Crippen LogP contribution in [0.25, 0.3) is 10.9 Å². The van der Waals surface area contributed by atoms with Gasteiger partial charge in [0.25, 0.3) is 0 Å². The molecule has 0 bridgehead atoms. The summed E-state index contributed by atoms with van der Waals surface area (Å²) in [7, 11) is 0. The summed E-state index contributed by atoms with van der Waals surface area (Å²) in [6.45, 7) is 1.93. The van der Waals surface area contributed by atoms with E-state index in [2.05, 4.69) is 10.3 Å². The molecule has 0 spiro atoms. The first-order valence-electron chi connectivity index (χ1n) is 8.66. The van der Waals surface area contributed by atoms with Crippen LogP contribution in [0.5, 0.6) is 0 Å². The van der Waals surface area contributed by atoms with Gasteiger partial charge < -0.3 is 15.4 Å². The lowest BCUT2D eigenvalue weighted by Crippen LogP contribution is -2.55. The molecule has 0 atom stereocenters. The first-order chi connectivity index (χ1) is 12.5. The number of aliphatic carboxylic acids is 1. The van der Waals surface area contributed by atoms with Crippen LogP contribution in [0, 0.1) is 6.92 Å². The minimum Gasteiger partial charge on any atom is -0.479 e. The van der Waals surface area contributed by atoms with E-state index in [9.17, 15) is 14.7 Å². The van der Waals surface area contributed by atoms with Crippen molar-refractivity contribution in [3.8, 4) is 0 Å². The van der Waals surface area contributed by atoms with Crippen LogP contribution in [0.15, 0.2) is 48.5 Å². The number of nitrogens with one attached hydrogen (secondary N) is 2. The number of carbonyl (C=O) groups is 2. The van der Waals surface area contributed by atoms with Crippen molar-refractivity contribution in [1.82, 2.24) is 10.3 Å². The summed E-state index contributed by atoms with van der Waals surface area (Å²) in [6.07, 6.45) is 0.787. The average molecular weight is 348 g/mol. The van der Waals surface area contributed by atoms with E-state index in [0.29, 0.717) is 12.8 Å². The lowest BCUT2D eigenvalue weighted by molar-refractivity contribution is -0.147. The van der Waals surface area contributed by atoms with Crippen LogP contribution < -0.4 is 5.32 Å². The number of fused-ring (bicyclic) bond motifs is 2. The highest BCUT2D eigenvalue weighted by Gasteiger charge is 2.45. The molecule has 5 heteroatoms. The molecule has 5 nitrogen and oxygen atoms in total. The Bertz CT molecular complexity index is 994. The Balaban J connectivity index is 1.59. The summed E-state index contributed by atoms with van der Waals surface area (Å²) in [5.41, 5.74) is 3.53. The Morgan fingerprint density at radius 2 is 1.69 bits per heavy atom. The number of aromatic amines is 1. The molecule has 0 unspecified atom stereocenters. The molecule has 1 amide bonds. The van der Waals surface area contributed by atoms with Gasteiger partial charge in [-0.05, 0) is 29.7 Å². The molecule has 3 N–H and O–H groups in total. The minimum absolute atomic E-state index is 0.154. The van der Waals surface area contributed by atoms with Crippen molar-refractivity contribution in [3.05, 3.63) is 70.9 Å². The highest BCUT2D eigenvalue weighted by Crippen LogP contribution is 2.31. The molecule has 4 rings (SSSR count). The molecular weight excluding hydrogens is 328 g/mol. The monoisotopic (exact) mass is 348 g/mol. The normalized spacial score (nSPS) is 15.0. The third-order valence-corrected chi connectivity index (χ3v) is 5.26. The fourth-order valence-electron chi connectivity index (χ4n) is 3.94. The Morgan fingerprint density at radius 1 is 1.08 bits per heavy atom. The summed E-state index contributed by atoms with van der Waals surface area (Å²) in [4.78, 5) is 28.0. The van der Waals surface area contributed by atoms with Gasteiger partial charge in [-0.3, -0.25) is 4.79 Å². The summed E-state index contributed by atoms with van der Waals surface area (Å²) in [5, 5.41) is 13.6. The highest BCUT2D eigenvalue weighted by molar-refractivity contribution is 5.93. The molecule has 0 aliphatic heterocycles. The minimum atomic E-state index is -1.26. The van der Waals surface area contributed by atoms with E-state index in [4.69, 9.17) is 0 Å². The van der Waals surface area contributed by atoms with Crippen molar-refractivity contribution in [3.63, 3.8) is 0 Å². The largest absolute Gasteiger partial charge is 0.479 e. The third kappa shape index (κ3) is 2.65. The van der Waals surface area contributed by atoms with Crippen molar-refractivity contribution < 1.29 is 14.7 Å². The Kier molecular flexibility index (Phi) is 3.80. The Morgan fingerprint density at radius 3 is 2.35 bits per heavy atom. The van der Waals surface area contributed by atoms with Crippen molar-refractivity contribution in [2.45, 2.75) is 31.7 Å². The van der Waals surface area contributed by atoms with E-state index in [1.807, 2.05) is 55.5 Å². The van der Waals surface area contributed by atoms with Crippen molar-refractivity contribution in [2.75, 3.05) is 0 Å². The highest BCUT2D eigenvalue weighted by atomic mass is 16.4. The van der Waals surface area contributed by atoms with Crippen LogP contribution in [0.4, 0.5) is 0 Å². The molecular formula is C21H20N2O3. The van der Waals surface area contributed by atoms with Gasteiger partial charge in [-0.25, -0.2) is 4.79 Å². The number of amides is 1. The Hall–Kier alpha value is -3.08. The number of hydrogen-bond donors (Lipinski definition) is 3. The molecule has 1 heterocycles. The van der Waals surface area contributed by atoms with Gasteiger partial charge in [-0.15, -0.1) is 0 Å². The number of aryl methyl sites for hydroxylation is 1. The van der Waals surface area contributed by atoms with Gasteiger partial charge in [0.1, 0.15) is 5.54 Å². The summed E-state index contributed by atoms with van der Waals surface area (Å²) >= 11 is 0. The van der Waals surface area contributed by atoms with E-state index < -0.39 is 11.5 Å². The van der Waals surface area contributed by atoms with Gasteiger partial charge in [0.05, 0.1) is 6.42 Å². The van der Waals surface area contributed by atoms with E-state index in [0.717, 1.165) is 33.3 Å². The molecule has 1 aliphatic carbocycles.